The second kappa shape index (κ2) is 14.1. The Labute approximate surface area is 216 Å². The Bertz CT molecular complexity index is 1210. The third-order valence-corrected chi connectivity index (χ3v) is 4.86. The first-order valence-electron chi connectivity index (χ1n) is 11.8. The Hall–Kier alpha value is -4.53. The van der Waals surface area contributed by atoms with Crippen molar-refractivity contribution in [2.75, 3.05) is 26.9 Å². The van der Waals surface area contributed by atoms with Crippen LogP contribution in [0.15, 0.2) is 71.8 Å². The van der Waals surface area contributed by atoms with E-state index in [0.29, 0.717) is 47.3 Å². The number of methoxy groups -OCH3 is 1. The zero-order valence-corrected chi connectivity index (χ0v) is 21.1. The molecule has 0 aromatic heterocycles. The Balaban J connectivity index is 1.58. The zero-order valence-electron chi connectivity index (χ0n) is 21.1. The first kappa shape index (κ1) is 27.1. The van der Waals surface area contributed by atoms with E-state index < -0.39 is 11.9 Å². The lowest BCUT2D eigenvalue weighted by Crippen LogP contribution is -2.24. The van der Waals surface area contributed by atoms with E-state index in [-0.39, 0.29) is 12.4 Å². The second-order valence-electron chi connectivity index (χ2n) is 7.63. The van der Waals surface area contributed by atoms with Crippen molar-refractivity contribution in [3.63, 3.8) is 0 Å². The molecule has 0 aliphatic heterocycles. The molecular weight excluding hydrogens is 476 g/mol. The highest BCUT2D eigenvalue weighted by molar-refractivity contribution is 5.92. The standard InChI is InChI=1S/C28H30N2O7/c1-4-16-35-22-13-11-21(12-14-22)28(32)37-25-15-10-20(17-26(25)34-5-2)18-29-30-27(31)19-36-24-9-7-6-8-23(24)33-3/h6-15,17-18H,4-5,16,19H2,1-3H3,(H,30,31)/b29-18-. The molecule has 0 heterocycles. The highest BCUT2D eigenvalue weighted by atomic mass is 16.6. The van der Waals surface area contributed by atoms with E-state index in [9.17, 15) is 9.59 Å². The third kappa shape index (κ3) is 8.28. The molecule has 9 nitrogen and oxygen atoms in total. The van der Waals surface area contributed by atoms with Gasteiger partial charge < -0.3 is 23.7 Å². The number of para-hydroxylation sites is 2. The van der Waals surface area contributed by atoms with Crippen molar-refractivity contribution in [2.45, 2.75) is 20.3 Å². The molecule has 0 saturated heterocycles. The van der Waals surface area contributed by atoms with Crippen LogP contribution in [0, 0.1) is 0 Å². The van der Waals surface area contributed by atoms with E-state index in [0.717, 1.165) is 6.42 Å². The topological polar surface area (TPSA) is 105 Å². The maximum absolute atomic E-state index is 12.6. The summed E-state index contributed by atoms with van der Waals surface area (Å²) in [6.07, 6.45) is 2.35. The molecule has 0 saturated carbocycles. The van der Waals surface area contributed by atoms with Crippen LogP contribution < -0.4 is 29.1 Å². The van der Waals surface area contributed by atoms with Gasteiger partial charge in [0.15, 0.2) is 29.6 Å². The van der Waals surface area contributed by atoms with Crippen molar-refractivity contribution in [1.82, 2.24) is 5.43 Å². The Morgan fingerprint density at radius 2 is 1.62 bits per heavy atom. The van der Waals surface area contributed by atoms with Gasteiger partial charge in [-0.15, -0.1) is 0 Å². The summed E-state index contributed by atoms with van der Waals surface area (Å²) in [5.74, 6) is 1.35. The largest absolute Gasteiger partial charge is 0.494 e. The molecule has 0 atom stereocenters. The molecule has 194 valence electrons. The molecule has 0 unspecified atom stereocenters. The molecule has 0 aliphatic carbocycles. The molecule has 37 heavy (non-hydrogen) atoms. The Morgan fingerprint density at radius 1 is 0.865 bits per heavy atom. The van der Waals surface area contributed by atoms with Gasteiger partial charge in [0, 0.05) is 0 Å². The summed E-state index contributed by atoms with van der Waals surface area (Å²) in [7, 11) is 1.52. The third-order valence-electron chi connectivity index (χ3n) is 4.86. The Morgan fingerprint density at radius 3 is 2.32 bits per heavy atom. The molecule has 3 rings (SSSR count). The van der Waals surface area contributed by atoms with Crippen LogP contribution in [0.1, 0.15) is 36.2 Å². The average Bonchev–Trinajstić information content (AvgIpc) is 2.92. The number of hydrazone groups is 1. The smallest absolute Gasteiger partial charge is 0.343 e. The van der Waals surface area contributed by atoms with Crippen molar-refractivity contribution >= 4 is 18.1 Å². The summed E-state index contributed by atoms with van der Waals surface area (Å²) in [4.78, 5) is 24.7. The van der Waals surface area contributed by atoms with Crippen molar-refractivity contribution in [3.8, 4) is 28.7 Å². The van der Waals surface area contributed by atoms with Gasteiger partial charge in [0.25, 0.3) is 5.91 Å². The number of carbonyl (C=O) groups excluding carboxylic acids is 2. The Kier molecular flexibility index (Phi) is 10.3. The zero-order chi connectivity index (χ0) is 26.5. The van der Waals surface area contributed by atoms with E-state index >= 15 is 0 Å². The SMILES string of the molecule is CCCOc1ccc(C(=O)Oc2ccc(/C=N\NC(=O)COc3ccccc3OC)cc2OCC)cc1. The summed E-state index contributed by atoms with van der Waals surface area (Å²) < 4.78 is 27.4. The number of hydrogen-bond donors (Lipinski definition) is 1. The van der Waals surface area contributed by atoms with Crippen molar-refractivity contribution in [3.05, 3.63) is 77.9 Å². The number of nitrogens with one attached hydrogen (secondary N) is 1. The first-order valence-corrected chi connectivity index (χ1v) is 11.8. The molecule has 0 radical (unpaired) electrons. The normalized spacial score (nSPS) is 10.6. The van der Waals surface area contributed by atoms with Gasteiger partial charge in [0.05, 0.1) is 32.1 Å². The molecule has 0 spiro atoms. The van der Waals surface area contributed by atoms with Crippen LogP contribution in [0.2, 0.25) is 0 Å². The number of hydrogen-bond acceptors (Lipinski definition) is 8. The number of rotatable bonds is 13. The van der Waals surface area contributed by atoms with Gasteiger partial charge in [-0.05, 0) is 73.5 Å². The van der Waals surface area contributed by atoms with E-state index in [1.807, 2.05) is 13.8 Å². The van der Waals surface area contributed by atoms with Gasteiger partial charge in [-0.25, -0.2) is 10.2 Å². The summed E-state index contributed by atoms with van der Waals surface area (Å²) in [5, 5.41) is 3.95. The summed E-state index contributed by atoms with van der Waals surface area (Å²) in [6, 6.07) is 18.7. The summed E-state index contributed by atoms with van der Waals surface area (Å²) in [5.41, 5.74) is 3.42. The maximum atomic E-state index is 12.6. The highest BCUT2D eigenvalue weighted by Gasteiger charge is 2.14. The molecular formula is C28H30N2O7. The van der Waals surface area contributed by atoms with E-state index in [1.54, 1.807) is 66.7 Å². The maximum Gasteiger partial charge on any atom is 0.343 e. The summed E-state index contributed by atoms with van der Waals surface area (Å²) in [6.45, 7) is 4.59. The van der Waals surface area contributed by atoms with Crippen LogP contribution in [0.3, 0.4) is 0 Å². The number of amides is 1. The quantitative estimate of drug-likeness (QED) is 0.156. The predicted octanol–water partition coefficient (Wildman–Crippen LogP) is 4.63. The molecule has 1 amide bonds. The number of benzene rings is 3. The highest BCUT2D eigenvalue weighted by Crippen LogP contribution is 2.29. The van der Waals surface area contributed by atoms with E-state index in [2.05, 4.69) is 10.5 Å². The average molecular weight is 507 g/mol. The summed E-state index contributed by atoms with van der Waals surface area (Å²) >= 11 is 0. The number of nitrogens with zero attached hydrogens (tertiary/aromatic N) is 1. The van der Waals surface area contributed by atoms with Crippen LogP contribution >= 0.6 is 0 Å². The number of carbonyl (C=O) groups is 2. The molecule has 9 heteroatoms. The molecule has 3 aromatic rings. The van der Waals surface area contributed by atoms with Gasteiger partial charge in [-0.1, -0.05) is 19.1 Å². The lowest BCUT2D eigenvalue weighted by Gasteiger charge is -2.12. The minimum Gasteiger partial charge on any atom is -0.494 e. The monoisotopic (exact) mass is 506 g/mol. The van der Waals surface area contributed by atoms with Crippen LogP contribution in [-0.4, -0.2) is 45.0 Å². The second-order valence-corrected chi connectivity index (χ2v) is 7.63. The van der Waals surface area contributed by atoms with Gasteiger partial charge in [-0.3, -0.25) is 4.79 Å². The number of ether oxygens (including phenoxy) is 5. The van der Waals surface area contributed by atoms with Crippen molar-refractivity contribution in [1.29, 1.82) is 0 Å². The van der Waals surface area contributed by atoms with Gasteiger partial charge in [-0.2, -0.15) is 5.10 Å². The van der Waals surface area contributed by atoms with Crippen molar-refractivity contribution in [2.24, 2.45) is 5.10 Å². The molecule has 1 N–H and O–H groups in total. The van der Waals surface area contributed by atoms with Crippen LogP contribution in [0.25, 0.3) is 0 Å². The van der Waals surface area contributed by atoms with Gasteiger partial charge in [0.2, 0.25) is 0 Å². The van der Waals surface area contributed by atoms with E-state index in [4.69, 9.17) is 23.7 Å². The van der Waals surface area contributed by atoms with Gasteiger partial charge >= 0.3 is 5.97 Å². The van der Waals surface area contributed by atoms with Gasteiger partial charge in [0.1, 0.15) is 5.75 Å². The lowest BCUT2D eigenvalue weighted by molar-refractivity contribution is -0.123. The predicted molar refractivity (Wildman–Crippen MR) is 139 cm³/mol. The van der Waals surface area contributed by atoms with Crippen molar-refractivity contribution < 1.29 is 33.3 Å². The molecule has 0 fully saturated rings. The fourth-order valence-electron chi connectivity index (χ4n) is 3.12. The fraction of sp³-hybridized carbons (Fsp3) is 0.250. The fourth-order valence-corrected chi connectivity index (χ4v) is 3.12. The van der Waals surface area contributed by atoms with E-state index in [1.165, 1.54) is 13.3 Å². The van der Waals surface area contributed by atoms with Crippen LogP contribution in [0.5, 0.6) is 28.7 Å². The number of esters is 1. The molecule has 3 aromatic carbocycles. The van der Waals surface area contributed by atoms with Crippen LogP contribution in [0.4, 0.5) is 0 Å². The first-order chi connectivity index (χ1) is 18.0. The molecule has 0 bridgehead atoms. The minimum atomic E-state index is -0.522. The minimum absolute atomic E-state index is 0.234. The van der Waals surface area contributed by atoms with Crippen LogP contribution in [-0.2, 0) is 4.79 Å². The molecule has 0 aliphatic rings. The lowest BCUT2D eigenvalue weighted by atomic mass is 10.2.